The summed E-state index contributed by atoms with van der Waals surface area (Å²) in [6, 6.07) is 3.31. The molecule has 1 aromatic heterocycles. The second-order valence-electron chi connectivity index (χ2n) is 4.58. The number of thiazole rings is 1. The lowest BCUT2D eigenvalue weighted by atomic mass is 10.0. The number of rotatable bonds is 4. The molecule has 0 aliphatic carbocycles. The number of hydrogen-bond acceptors (Lipinski definition) is 6. The number of aryl methyl sites for hydroxylation is 2. The van der Waals surface area contributed by atoms with Crippen LogP contribution in [0.15, 0.2) is 16.9 Å². The van der Waals surface area contributed by atoms with Gasteiger partial charge in [-0.2, -0.15) is 0 Å². The lowest BCUT2D eigenvalue weighted by Crippen LogP contribution is -2.19. The summed E-state index contributed by atoms with van der Waals surface area (Å²) in [5, 5.41) is 0. The highest BCUT2D eigenvalue weighted by Gasteiger charge is 2.21. The molecule has 0 unspecified atom stereocenters. The Hall–Kier alpha value is -2.28. The van der Waals surface area contributed by atoms with Crippen molar-refractivity contribution < 1.29 is 19.1 Å². The maximum Gasteiger partial charge on any atom is 0.374 e. The number of esters is 1. The maximum absolute atomic E-state index is 12.1. The van der Waals surface area contributed by atoms with E-state index < -0.39 is 24.0 Å². The molecule has 0 atom stereocenters. The van der Waals surface area contributed by atoms with Gasteiger partial charge in [0.15, 0.2) is 5.78 Å². The molecular formula is C14H13NO5S. The molecule has 0 amide bonds. The van der Waals surface area contributed by atoms with Crippen molar-refractivity contribution >= 4 is 39.1 Å². The van der Waals surface area contributed by atoms with Crippen LogP contribution in [-0.2, 0) is 21.4 Å². The fraction of sp³-hybridized carbons (Fsp3) is 0.286. The third kappa shape index (κ3) is 2.78. The zero-order valence-electron chi connectivity index (χ0n) is 11.8. The summed E-state index contributed by atoms with van der Waals surface area (Å²) in [6.07, 6.45) is -0.545. The first kappa shape index (κ1) is 15.1. The molecule has 1 heterocycles. The Morgan fingerprint density at radius 3 is 2.57 bits per heavy atom. The summed E-state index contributed by atoms with van der Waals surface area (Å²) < 4.78 is 6.50. The van der Waals surface area contributed by atoms with Crippen molar-refractivity contribution in [3.8, 4) is 0 Å². The van der Waals surface area contributed by atoms with Gasteiger partial charge in [0, 0.05) is 12.6 Å². The van der Waals surface area contributed by atoms with E-state index in [4.69, 9.17) is 0 Å². The number of aromatic nitrogens is 1. The average molecular weight is 307 g/mol. The summed E-state index contributed by atoms with van der Waals surface area (Å²) in [5.74, 6) is -2.39. The van der Waals surface area contributed by atoms with E-state index in [1.54, 1.807) is 26.1 Å². The predicted octanol–water partition coefficient (Wildman–Crippen LogP) is 1.22. The van der Waals surface area contributed by atoms with Gasteiger partial charge in [-0.3, -0.25) is 14.4 Å². The van der Waals surface area contributed by atoms with Crippen molar-refractivity contribution in [3.05, 3.63) is 32.9 Å². The first-order valence-corrected chi connectivity index (χ1v) is 6.91. The van der Waals surface area contributed by atoms with Crippen LogP contribution >= 0.6 is 11.3 Å². The quantitative estimate of drug-likeness (QED) is 0.367. The smallest absolute Gasteiger partial charge is 0.374 e. The molecule has 0 spiro atoms. The van der Waals surface area contributed by atoms with Gasteiger partial charge in [-0.05, 0) is 24.6 Å². The molecule has 0 aliphatic rings. The lowest BCUT2D eigenvalue weighted by Gasteiger charge is -2.05. The molecule has 7 heteroatoms. The number of ketones is 2. The van der Waals surface area contributed by atoms with Crippen molar-refractivity contribution in [2.24, 2.45) is 7.05 Å². The molecule has 0 saturated heterocycles. The second kappa shape index (κ2) is 5.61. The van der Waals surface area contributed by atoms with Crippen molar-refractivity contribution in [2.45, 2.75) is 13.3 Å². The first-order valence-electron chi connectivity index (χ1n) is 6.09. The van der Waals surface area contributed by atoms with Crippen molar-refractivity contribution in [3.63, 3.8) is 0 Å². The Morgan fingerprint density at radius 2 is 1.95 bits per heavy atom. The molecule has 0 saturated carbocycles. The highest BCUT2D eigenvalue weighted by Crippen LogP contribution is 2.22. The molecule has 0 fully saturated rings. The van der Waals surface area contributed by atoms with E-state index in [0.29, 0.717) is 16.6 Å². The molecule has 0 aliphatic heterocycles. The van der Waals surface area contributed by atoms with Crippen LogP contribution in [0, 0.1) is 6.92 Å². The number of Topliss-reactive ketones (excluding diaryl/α,β-unsaturated/α-hetero) is 2. The van der Waals surface area contributed by atoms with Crippen LogP contribution in [0.1, 0.15) is 22.3 Å². The monoisotopic (exact) mass is 307 g/mol. The molecular weight excluding hydrogens is 294 g/mol. The van der Waals surface area contributed by atoms with Gasteiger partial charge in [0.1, 0.15) is 0 Å². The van der Waals surface area contributed by atoms with Gasteiger partial charge in [-0.25, -0.2) is 4.79 Å². The molecule has 6 nitrogen and oxygen atoms in total. The third-order valence-electron chi connectivity index (χ3n) is 3.17. The van der Waals surface area contributed by atoms with Crippen LogP contribution in [0.5, 0.6) is 0 Å². The summed E-state index contributed by atoms with van der Waals surface area (Å²) in [4.78, 5) is 46.2. The topological polar surface area (TPSA) is 82.4 Å². The Bertz CT molecular complexity index is 815. The van der Waals surface area contributed by atoms with Crippen molar-refractivity contribution in [2.75, 3.05) is 7.11 Å². The highest BCUT2D eigenvalue weighted by atomic mass is 32.1. The molecule has 0 bridgehead atoms. The predicted molar refractivity (Wildman–Crippen MR) is 77.8 cm³/mol. The largest absolute Gasteiger partial charge is 0.463 e. The number of methoxy groups -OCH3 is 1. The Labute approximate surface area is 123 Å². The lowest BCUT2D eigenvalue weighted by molar-refractivity contribution is -0.151. The third-order valence-corrected chi connectivity index (χ3v) is 4.17. The Morgan fingerprint density at radius 1 is 1.29 bits per heavy atom. The van der Waals surface area contributed by atoms with Crippen LogP contribution in [0.3, 0.4) is 0 Å². The van der Waals surface area contributed by atoms with E-state index in [1.165, 1.54) is 4.57 Å². The Balaban J connectivity index is 2.41. The molecule has 0 N–H and O–H groups in total. The standard InChI is InChI=1S/C14H13NO5S/c1-7-4-12-9(15(2)14(19)21-12)5-8(7)10(16)6-11(17)13(18)20-3/h4-5H,6H2,1-3H3. The zero-order chi connectivity index (χ0) is 15.7. The fourth-order valence-electron chi connectivity index (χ4n) is 2.00. The van der Waals surface area contributed by atoms with Gasteiger partial charge >= 0.3 is 10.8 Å². The van der Waals surface area contributed by atoms with Crippen LogP contribution in [0.4, 0.5) is 0 Å². The number of carbonyl (C=O) groups excluding carboxylic acids is 3. The van der Waals surface area contributed by atoms with E-state index >= 15 is 0 Å². The number of ether oxygens (including phenoxy) is 1. The van der Waals surface area contributed by atoms with Gasteiger partial charge in [0.25, 0.3) is 0 Å². The van der Waals surface area contributed by atoms with Gasteiger partial charge in [0.2, 0.25) is 5.78 Å². The van der Waals surface area contributed by atoms with Gasteiger partial charge < -0.3 is 9.30 Å². The number of hydrogen-bond donors (Lipinski definition) is 0. The van der Waals surface area contributed by atoms with Crippen LogP contribution < -0.4 is 4.87 Å². The number of fused-ring (bicyclic) bond motifs is 1. The van der Waals surface area contributed by atoms with E-state index in [0.717, 1.165) is 23.1 Å². The first-order chi connectivity index (χ1) is 9.85. The van der Waals surface area contributed by atoms with Gasteiger partial charge in [-0.1, -0.05) is 11.3 Å². The van der Waals surface area contributed by atoms with Crippen LogP contribution in [-0.4, -0.2) is 29.2 Å². The normalized spacial score (nSPS) is 10.6. The van der Waals surface area contributed by atoms with E-state index in [2.05, 4.69) is 4.74 Å². The number of benzene rings is 1. The molecule has 0 radical (unpaired) electrons. The van der Waals surface area contributed by atoms with Crippen LogP contribution in [0.25, 0.3) is 10.2 Å². The fourth-order valence-corrected chi connectivity index (χ4v) is 2.96. The van der Waals surface area contributed by atoms with Crippen LogP contribution in [0.2, 0.25) is 0 Å². The summed E-state index contributed by atoms with van der Waals surface area (Å²) >= 11 is 1.09. The summed E-state index contributed by atoms with van der Waals surface area (Å²) in [6.45, 7) is 1.72. The van der Waals surface area contributed by atoms with E-state index in [1.807, 2.05) is 0 Å². The molecule has 21 heavy (non-hydrogen) atoms. The zero-order valence-corrected chi connectivity index (χ0v) is 12.6. The number of carbonyl (C=O) groups is 3. The Kier molecular flexibility index (Phi) is 4.04. The number of nitrogens with zero attached hydrogens (tertiary/aromatic N) is 1. The molecule has 110 valence electrons. The molecule has 1 aromatic carbocycles. The summed E-state index contributed by atoms with van der Waals surface area (Å²) in [7, 11) is 2.70. The maximum atomic E-state index is 12.1. The minimum absolute atomic E-state index is 0.125. The minimum Gasteiger partial charge on any atom is -0.463 e. The van der Waals surface area contributed by atoms with Crippen molar-refractivity contribution in [1.29, 1.82) is 0 Å². The van der Waals surface area contributed by atoms with E-state index in [9.17, 15) is 19.2 Å². The average Bonchev–Trinajstić information content (AvgIpc) is 2.71. The van der Waals surface area contributed by atoms with E-state index in [-0.39, 0.29) is 4.87 Å². The second-order valence-corrected chi connectivity index (χ2v) is 5.57. The van der Waals surface area contributed by atoms with Gasteiger partial charge in [0.05, 0.1) is 23.7 Å². The minimum atomic E-state index is -1.04. The molecule has 2 aromatic rings. The SMILES string of the molecule is COC(=O)C(=O)CC(=O)c1cc2c(cc1C)sc(=O)n2C. The summed E-state index contributed by atoms with van der Waals surface area (Å²) in [5.41, 5.74) is 1.62. The highest BCUT2D eigenvalue weighted by molar-refractivity contribution is 7.16. The van der Waals surface area contributed by atoms with Gasteiger partial charge in [-0.15, -0.1) is 0 Å². The molecule has 2 rings (SSSR count). The van der Waals surface area contributed by atoms with Crippen molar-refractivity contribution in [1.82, 2.24) is 4.57 Å².